The SMILES string of the molecule is Nc1ncnn2c(C3CCCN(C(=O)OCc4ccccc4)C3)ccc12. The van der Waals surface area contributed by atoms with E-state index in [-0.39, 0.29) is 12.0 Å². The lowest BCUT2D eigenvalue weighted by atomic mass is 9.95. The van der Waals surface area contributed by atoms with E-state index in [9.17, 15) is 4.79 Å². The molecule has 134 valence electrons. The quantitative estimate of drug-likeness (QED) is 0.784. The monoisotopic (exact) mass is 351 g/mol. The topological polar surface area (TPSA) is 85.8 Å². The van der Waals surface area contributed by atoms with Gasteiger partial charge in [-0.1, -0.05) is 30.3 Å². The smallest absolute Gasteiger partial charge is 0.410 e. The van der Waals surface area contributed by atoms with Crippen molar-refractivity contribution in [2.24, 2.45) is 0 Å². The second-order valence-corrected chi connectivity index (χ2v) is 6.53. The Morgan fingerprint density at radius 1 is 1.23 bits per heavy atom. The molecule has 3 aromatic rings. The molecule has 2 N–H and O–H groups in total. The summed E-state index contributed by atoms with van der Waals surface area (Å²) in [5, 5.41) is 4.31. The molecule has 1 fully saturated rings. The average Bonchev–Trinajstić information content (AvgIpc) is 3.12. The number of nitrogen functional groups attached to an aromatic ring is 1. The number of likely N-dealkylation sites (tertiary alicyclic amines) is 1. The molecule has 26 heavy (non-hydrogen) atoms. The minimum Gasteiger partial charge on any atom is -0.445 e. The third-order valence-electron chi connectivity index (χ3n) is 4.81. The fourth-order valence-electron chi connectivity index (χ4n) is 3.48. The van der Waals surface area contributed by atoms with Crippen LogP contribution in [-0.2, 0) is 11.3 Å². The maximum Gasteiger partial charge on any atom is 0.410 e. The van der Waals surface area contributed by atoms with Crippen molar-refractivity contribution in [1.82, 2.24) is 19.5 Å². The normalized spacial score (nSPS) is 17.4. The van der Waals surface area contributed by atoms with E-state index < -0.39 is 0 Å². The first kappa shape index (κ1) is 16.4. The number of ether oxygens (including phenoxy) is 1. The highest BCUT2D eigenvalue weighted by molar-refractivity contribution is 5.68. The number of amides is 1. The van der Waals surface area contributed by atoms with Crippen LogP contribution in [0.5, 0.6) is 0 Å². The Bertz CT molecular complexity index is 909. The first-order valence-electron chi connectivity index (χ1n) is 8.76. The highest BCUT2D eigenvalue weighted by atomic mass is 16.6. The molecule has 4 rings (SSSR count). The Balaban J connectivity index is 1.45. The van der Waals surface area contributed by atoms with Gasteiger partial charge in [-0.2, -0.15) is 5.10 Å². The van der Waals surface area contributed by atoms with E-state index in [1.165, 1.54) is 6.33 Å². The summed E-state index contributed by atoms with van der Waals surface area (Å²) in [5.41, 5.74) is 8.75. The van der Waals surface area contributed by atoms with Crippen molar-refractivity contribution in [2.45, 2.75) is 25.4 Å². The molecule has 7 nitrogen and oxygen atoms in total. The lowest BCUT2D eigenvalue weighted by molar-refractivity contribution is 0.0855. The molecule has 0 saturated carbocycles. The number of benzene rings is 1. The van der Waals surface area contributed by atoms with Gasteiger partial charge in [0.2, 0.25) is 0 Å². The number of nitrogens with two attached hydrogens (primary N) is 1. The zero-order valence-corrected chi connectivity index (χ0v) is 14.4. The number of carbonyl (C=O) groups excluding carboxylic acids is 1. The van der Waals surface area contributed by atoms with Crippen LogP contribution in [0.1, 0.15) is 30.0 Å². The molecule has 0 bridgehead atoms. The molecule has 3 heterocycles. The van der Waals surface area contributed by atoms with Gasteiger partial charge in [-0.3, -0.25) is 0 Å². The third kappa shape index (κ3) is 3.20. The van der Waals surface area contributed by atoms with Crippen molar-refractivity contribution in [2.75, 3.05) is 18.8 Å². The molecule has 0 radical (unpaired) electrons. The number of anilines is 1. The maximum absolute atomic E-state index is 12.5. The van der Waals surface area contributed by atoms with E-state index in [2.05, 4.69) is 10.1 Å². The van der Waals surface area contributed by atoms with Crippen molar-refractivity contribution in [1.29, 1.82) is 0 Å². The Hall–Kier alpha value is -3.09. The van der Waals surface area contributed by atoms with Crippen molar-refractivity contribution in [3.8, 4) is 0 Å². The van der Waals surface area contributed by atoms with Crippen LogP contribution < -0.4 is 5.73 Å². The predicted molar refractivity (Wildman–Crippen MR) is 97.6 cm³/mol. The Morgan fingerprint density at radius 2 is 2.08 bits per heavy atom. The summed E-state index contributed by atoms with van der Waals surface area (Å²) in [4.78, 5) is 18.3. The van der Waals surface area contributed by atoms with Gasteiger partial charge >= 0.3 is 6.09 Å². The second-order valence-electron chi connectivity index (χ2n) is 6.53. The van der Waals surface area contributed by atoms with Crippen LogP contribution in [0.25, 0.3) is 5.52 Å². The number of hydrogen-bond donors (Lipinski definition) is 1. The number of carbonyl (C=O) groups is 1. The summed E-state index contributed by atoms with van der Waals surface area (Å²) in [6.45, 7) is 1.62. The van der Waals surface area contributed by atoms with Gasteiger partial charge in [-0.15, -0.1) is 0 Å². The van der Waals surface area contributed by atoms with E-state index in [0.29, 0.717) is 25.5 Å². The van der Waals surface area contributed by atoms with Crippen LogP contribution >= 0.6 is 0 Å². The van der Waals surface area contributed by atoms with Gasteiger partial charge in [-0.25, -0.2) is 14.3 Å². The molecule has 1 atom stereocenters. The highest BCUT2D eigenvalue weighted by Gasteiger charge is 2.27. The predicted octanol–water partition coefficient (Wildman–Crippen LogP) is 2.83. The lowest BCUT2D eigenvalue weighted by Gasteiger charge is -2.31. The molecule has 1 aliphatic heterocycles. The van der Waals surface area contributed by atoms with Crippen LogP contribution in [-0.4, -0.2) is 38.7 Å². The minimum atomic E-state index is -0.270. The van der Waals surface area contributed by atoms with Gasteiger partial charge in [0.1, 0.15) is 18.5 Å². The Morgan fingerprint density at radius 3 is 2.92 bits per heavy atom. The zero-order chi connectivity index (χ0) is 17.9. The third-order valence-corrected chi connectivity index (χ3v) is 4.81. The van der Waals surface area contributed by atoms with Crippen LogP contribution in [0.15, 0.2) is 48.8 Å². The highest BCUT2D eigenvalue weighted by Crippen LogP contribution is 2.29. The molecule has 7 heteroatoms. The van der Waals surface area contributed by atoms with Gasteiger partial charge in [-0.05, 0) is 30.5 Å². The van der Waals surface area contributed by atoms with Crippen molar-refractivity contribution < 1.29 is 9.53 Å². The Labute approximate surface area is 151 Å². The van der Waals surface area contributed by atoms with Crippen LogP contribution in [0.4, 0.5) is 10.6 Å². The molecular weight excluding hydrogens is 330 g/mol. The first-order valence-corrected chi connectivity index (χ1v) is 8.76. The summed E-state index contributed by atoms with van der Waals surface area (Å²) < 4.78 is 7.30. The first-order chi connectivity index (χ1) is 12.7. The van der Waals surface area contributed by atoms with Crippen LogP contribution in [0.3, 0.4) is 0 Å². The number of nitrogens with zero attached hydrogens (tertiary/aromatic N) is 4. The molecule has 0 aliphatic carbocycles. The summed E-state index contributed by atoms with van der Waals surface area (Å²) in [6, 6.07) is 13.7. The fourth-order valence-corrected chi connectivity index (χ4v) is 3.48. The van der Waals surface area contributed by atoms with Crippen LogP contribution in [0, 0.1) is 0 Å². The van der Waals surface area contributed by atoms with E-state index in [1.807, 2.05) is 47.0 Å². The average molecular weight is 351 g/mol. The van der Waals surface area contributed by atoms with Crippen LogP contribution in [0.2, 0.25) is 0 Å². The van der Waals surface area contributed by atoms with Gasteiger partial charge in [0, 0.05) is 24.7 Å². The zero-order valence-electron chi connectivity index (χ0n) is 14.4. The van der Waals surface area contributed by atoms with Gasteiger partial charge < -0.3 is 15.4 Å². The molecule has 2 aromatic heterocycles. The summed E-state index contributed by atoms with van der Waals surface area (Å²) in [5.74, 6) is 0.658. The number of aromatic nitrogens is 3. The van der Waals surface area contributed by atoms with E-state index in [0.717, 1.165) is 29.6 Å². The standard InChI is InChI=1S/C19H21N5O2/c20-18-17-9-8-16(24(17)22-13-21-18)15-7-4-10-23(11-15)19(25)26-12-14-5-2-1-3-6-14/h1-3,5-6,8-9,13,15H,4,7,10-12H2,(H2,20,21,22). The molecule has 0 spiro atoms. The van der Waals surface area contributed by atoms with E-state index >= 15 is 0 Å². The number of hydrogen-bond acceptors (Lipinski definition) is 5. The molecule has 1 saturated heterocycles. The molecule has 1 unspecified atom stereocenters. The van der Waals surface area contributed by atoms with Crippen molar-refractivity contribution >= 4 is 17.4 Å². The number of rotatable bonds is 3. The summed E-state index contributed by atoms with van der Waals surface area (Å²) in [7, 11) is 0. The van der Waals surface area contributed by atoms with Gasteiger partial charge in [0.15, 0.2) is 5.82 Å². The van der Waals surface area contributed by atoms with E-state index in [4.69, 9.17) is 10.5 Å². The summed E-state index contributed by atoms with van der Waals surface area (Å²) >= 11 is 0. The molecule has 1 aliphatic rings. The molecule has 1 amide bonds. The van der Waals surface area contributed by atoms with Gasteiger partial charge in [0.25, 0.3) is 0 Å². The largest absolute Gasteiger partial charge is 0.445 e. The molecular formula is C19H21N5O2. The lowest BCUT2D eigenvalue weighted by Crippen LogP contribution is -2.39. The second kappa shape index (κ2) is 7.03. The van der Waals surface area contributed by atoms with Crippen molar-refractivity contribution in [3.05, 3.63) is 60.0 Å². The fraction of sp³-hybridized carbons (Fsp3) is 0.316. The minimum absolute atomic E-state index is 0.199. The number of fused-ring (bicyclic) bond motifs is 1. The van der Waals surface area contributed by atoms with Gasteiger partial charge in [0.05, 0.1) is 0 Å². The maximum atomic E-state index is 12.5. The Kier molecular flexibility index (Phi) is 4.43. The van der Waals surface area contributed by atoms with Crippen molar-refractivity contribution in [3.63, 3.8) is 0 Å². The number of piperidine rings is 1. The molecule has 1 aromatic carbocycles. The summed E-state index contributed by atoms with van der Waals surface area (Å²) in [6.07, 6.45) is 3.12. The van der Waals surface area contributed by atoms with E-state index in [1.54, 1.807) is 4.90 Å².